The van der Waals surface area contributed by atoms with Gasteiger partial charge in [-0.25, -0.2) is 0 Å². The van der Waals surface area contributed by atoms with E-state index in [1.165, 1.54) is 0 Å². The number of benzene rings is 1. The van der Waals surface area contributed by atoms with Crippen molar-refractivity contribution in [1.82, 2.24) is 5.43 Å². The Morgan fingerprint density at radius 3 is 2.83 bits per heavy atom. The average Bonchev–Trinajstić information content (AvgIpc) is 2.17. The summed E-state index contributed by atoms with van der Waals surface area (Å²) in [6.07, 6.45) is 0. The van der Waals surface area contributed by atoms with Gasteiger partial charge in [0.25, 0.3) is 0 Å². The molecule has 0 radical (unpaired) electrons. The average molecular weight is 166 g/mol. The van der Waals surface area contributed by atoms with Gasteiger partial charge in [0.2, 0.25) is 0 Å². The van der Waals surface area contributed by atoms with Crippen molar-refractivity contribution in [3.63, 3.8) is 0 Å². The number of ether oxygens (including phenoxy) is 1. The predicted molar refractivity (Wildman–Crippen MR) is 48.7 cm³/mol. The van der Waals surface area contributed by atoms with E-state index in [1.54, 1.807) is 7.11 Å². The molecule has 0 aromatic heterocycles. The Morgan fingerprint density at radius 1 is 1.50 bits per heavy atom. The maximum atomic E-state index is 5.30. The summed E-state index contributed by atoms with van der Waals surface area (Å²) in [6, 6.07) is 7.98. The van der Waals surface area contributed by atoms with Crippen molar-refractivity contribution in [3.05, 3.63) is 29.8 Å². The molecule has 1 aromatic carbocycles. The van der Waals surface area contributed by atoms with Crippen LogP contribution in [0.5, 0.6) is 5.75 Å². The second kappa shape index (κ2) is 4.09. The van der Waals surface area contributed by atoms with Crippen LogP contribution in [-0.2, 0) is 0 Å². The van der Waals surface area contributed by atoms with Crippen LogP contribution in [0, 0.1) is 0 Å². The second-order valence-corrected chi connectivity index (χ2v) is 2.66. The highest BCUT2D eigenvalue weighted by Crippen LogP contribution is 2.17. The Labute approximate surface area is 72.5 Å². The van der Waals surface area contributed by atoms with Crippen LogP contribution >= 0.6 is 0 Å². The lowest BCUT2D eigenvalue weighted by molar-refractivity contribution is 0.413. The molecule has 0 heterocycles. The number of nitrogens with two attached hydrogens (primary N) is 1. The molecule has 0 saturated carbocycles. The summed E-state index contributed by atoms with van der Waals surface area (Å²) >= 11 is 0. The maximum Gasteiger partial charge on any atom is 0.119 e. The Hall–Kier alpha value is -1.06. The van der Waals surface area contributed by atoms with Crippen LogP contribution in [0.2, 0.25) is 0 Å². The number of hydrogen-bond donors (Lipinski definition) is 2. The zero-order valence-corrected chi connectivity index (χ0v) is 7.37. The molecule has 0 aliphatic rings. The van der Waals surface area contributed by atoms with Crippen LogP contribution in [0.4, 0.5) is 0 Å². The summed E-state index contributed by atoms with van der Waals surface area (Å²) in [5.74, 6) is 6.16. The number of rotatable bonds is 3. The molecule has 0 aliphatic heterocycles. The molecule has 3 heteroatoms. The highest BCUT2D eigenvalue weighted by molar-refractivity contribution is 5.30. The highest BCUT2D eigenvalue weighted by Gasteiger charge is 2.02. The standard InChI is InChI=1S/C9H14N2O/c1-7(11-10)8-4-3-5-9(6-8)12-2/h3-7,11H,10H2,1-2H3/t7-/m1/s1. The number of hydrogen-bond acceptors (Lipinski definition) is 3. The molecule has 0 unspecified atom stereocenters. The molecule has 1 atom stereocenters. The van der Waals surface area contributed by atoms with Gasteiger partial charge in [-0.15, -0.1) is 0 Å². The Kier molecular flexibility index (Phi) is 3.08. The van der Waals surface area contributed by atoms with Crippen molar-refractivity contribution in [1.29, 1.82) is 0 Å². The molecule has 1 rings (SSSR count). The monoisotopic (exact) mass is 166 g/mol. The first-order valence-corrected chi connectivity index (χ1v) is 3.88. The first-order valence-electron chi connectivity index (χ1n) is 3.88. The van der Waals surface area contributed by atoms with Crippen molar-refractivity contribution in [2.24, 2.45) is 5.84 Å². The lowest BCUT2D eigenvalue weighted by atomic mass is 10.1. The SMILES string of the molecule is COc1cccc([C@@H](C)NN)c1. The van der Waals surface area contributed by atoms with Crippen molar-refractivity contribution in [3.8, 4) is 5.75 Å². The Morgan fingerprint density at radius 2 is 2.25 bits per heavy atom. The van der Waals surface area contributed by atoms with Gasteiger partial charge in [-0.3, -0.25) is 11.3 Å². The molecule has 66 valence electrons. The predicted octanol–water partition coefficient (Wildman–Crippen LogP) is 1.22. The molecular formula is C9H14N2O. The van der Waals surface area contributed by atoms with Crippen molar-refractivity contribution in [2.75, 3.05) is 7.11 Å². The highest BCUT2D eigenvalue weighted by atomic mass is 16.5. The molecule has 0 spiro atoms. The molecule has 12 heavy (non-hydrogen) atoms. The molecule has 3 nitrogen and oxygen atoms in total. The lowest BCUT2D eigenvalue weighted by Gasteiger charge is -2.10. The fraction of sp³-hybridized carbons (Fsp3) is 0.333. The second-order valence-electron chi connectivity index (χ2n) is 2.66. The first-order chi connectivity index (χ1) is 5.77. The largest absolute Gasteiger partial charge is 0.497 e. The van der Waals surface area contributed by atoms with Gasteiger partial charge in [0, 0.05) is 6.04 Å². The van der Waals surface area contributed by atoms with E-state index in [9.17, 15) is 0 Å². The van der Waals surface area contributed by atoms with Crippen molar-refractivity contribution in [2.45, 2.75) is 13.0 Å². The van der Waals surface area contributed by atoms with Gasteiger partial charge in [-0.2, -0.15) is 0 Å². The Balaban J connectivity index is 2.86. The number of methoxy groups -OCH3 is 1. The van der Waals surface area contributed by atoms with Crippen LogP contribution in [0.15, 0.2) is 24.3 Å². The lowest BCUT2D eigenvalue weighted by Crippen LogP contribution is -2.25. The van der Waals surface area contributed by atoms with Gasteiger partial charge in [-0.05, 0) is 24.6 Å². The van der Waals surface area contributed by atoms with Gasteiger partial charge in [-0.1, -0.05) is 12.1 Å². The molecule has 0 bridgehead atoms. The normalized spacial score (nSPS) is 12.6. The van der Waals surface area contributed by atoms with Gasteiger partial charge in [0.15, 0.2) is 0 Å². The van der Waals surface area contributed by atoms with Crippen LogP contribution in [-0.4, -0.2) is 7.11 Å². The minimum atomic E-state index is 0.153. The fourth-order valence-electron chi connectivity index (χ4n) is 1.01. The summed E-state index contributed by atoms with van der Waals surface area (Å²) in [7, 11) is 1.65. The molecule has 3 N–H and O–H groups in total. The van der Waals surface area contributed by atoms with Crippen molar-refractivity contribution < 1.29 is 4.74 Å². The van der Waals surface area contributed by atoms with E-state index in [1.807, 2.05) is 31.2 Å². The molecule has 0 aliphatic carbocycles. The minimum Gasteiger partial charge on any atom is -0.497 e. The summed E-state index contributed by atoms with van der Waals surface area (Å²) in [5, 5.41) is 0. The zero-order chi connectivity index (χ0) is 8.97. The van der Waals surface area contributed by atoms with Crippen LogP contribution in [0.3, 0.4) is 0 Å². The topological polar surface area (TPSA) is 47.3 Å². The molecular weight excluding hydrogens is 152 g/mol. The van der Waals surface area contributed by atoms with Gasteiger partial charge >= 0.3 is 0 Å². The van der Waals surface area contributed by atoms with Crippen LogP contribution in [0.1, 0.15) is 18.5 Å². The number of hydrazine groups is 1. The van der Waals surface area contributed by atoms with E-state index in [4.69, 9.17) is 10.6 Å². The summed E-state index contributed by atoms with van der Waals surface area (Å²) in [6.45, 7) is 1.99. The molecule has 0 fully saturated rings. The summed E-state index contributed by atoms with van der Waals surface area (Å²) in [5.41, 5.74) is 3.80. The smallest absolute Gasteiger partial charge is 0.119 e. The summed E-state index contributed by atoms with van der Waals surface area (Å²) < 4.78 is 5.08. The third-order valence-electron chi connectivity index (χ3n) is 1.84. The third kappa shape index (κ3) is 1.96. The minimum absolute atomic E-state index is 0.153. The van der Waals surface area contributed by atoms with Gasteiger partial charge < -0.3 is 4.74 Å². The molecule has 0 saturated heterocycles. The van der Waals surface area contributed by atoms with E-state index in [2.05, 4.69) is 5.43 Å². The summed E-state index contributed by atoms with van der Waals surface area (Å²) in [4.78, 5) is 0. The van der Waals surface area contributed by atoms with E-state index in [0.29, 0.717) is 0 Å². The van der Waals surface area contributed by atoms with E-state index < -0.39 is 0 Å². The zero-order valence-electron chi connectivity index (χ0n) is 7.37. The third-order valence-corrected chi connectivity index (χ3v) is 1.84. The Bertz CT molecular complexity index is 250. The van der Waals surface area contributed by atoms with E-state index in [-0.39, 0.29) is 6.04 Å². The van der Waals surface area contributed by atoms with E-state index in [0.717, 1.165) is 11.3 Å². The first kappa shape index (κ1) is 9.03. The van der Waals surface area contributed by atoms with E-state index >= 15 is 0 Å². The number of nitrogens with one attached hydrogen (secondary N) is 1. The quantitative estimate of drug-likeness (QED) is 0.524. The van der Waals surface area contributed by atoms with Gasteiger partial charge in [0.05, 0.1) is 7.11 Å². The fourth-order valence-corrected chi connectivity index (χ4v) is 1.01. The molecule has 0 amide bonds. The van der Waals surface area contributed by atoms with Crippen LogP contribution in [0.25, 0.3) is 0 Å². The van der Waals surface area contributed by atoms with Crippen LogP contribution < -0.4 is 16.0 Å². The maximum absolute atomic E-state index is 5.30. The van der Waals surface area contributed by atoms with Gasteiger partial charge in [0.1, 0.15) is 5.75 Å². The van der Waals surface area contributed by atoms with Crippen molar-refractivity contribution >= 4 is 0 Å². The molecule has 1 aromatic rings.